The molecule has 0 aliphatic carbocycles. The minimum Gasteiger partial charge on any atom is -0.508 e. The zero-order valence-corrected chi connectivity index (χ0v) is 17.2. The molecule has 1 atom stereocenters. The molecular weight excluding hydrogens is 392 g/mol. The highest BCUT2D eigenvalue weighted by molar-refractivity contribution is 5.91. The number of nitrogens with zero attached hydrogens (tertiary/aromatic N) is 1. The zero-order chi connectivity index (χ0) is 21.5. The van der Waals surface area contributed by atoms with Gasteiger partial charge in [-0.2, -0.15) is 0 Å². The number of hydrogen-bond acceptors (Lipinski definition) is 4. The van der Waals surface area contributed by atoms with Gasteiger partial charge in [-0.15, -0.1) is 0 Å². The number of aromatic hydroxyl groups is 1. The van der Waals surface area contributed by atoms with Crippen molar-refractivity contribution >= 4 is 11.7 Å². The minimum absolute atomic E-state index is 0.00702. The summed E-state index contributed by atoms with van der Waals surface area (Å²) >= 11 is 0. The van der Waals surface area contributed by atoms with Crippen molar-refractivity contribution in [2.45, 2.75) is 25.5 Å². The first-order valence-corrected chi connectivity index (χ1v) is 10.5. The van der Waals surface area contributed by atoms with Crippen molar-refractivity contribution < 1.29 is 19.4 Å². The third kappa shape index (κ3) is 5.55. The molecule has 1 aliphatic rings. The van der Waals surface area contributed by atoms with E-state index >= 15 is 0 Å². The molecule has 31 heavy (non-hydrogen) atoms. The fourth-order valence-electron chi connectivity index (χ4n) is 3.57. The molecule has 0 bridgehead atoms. The Labute approximate surface area is 182 Å². The smallest absolute Gasteiger partial charge is 0.322 e. The number of hydrogen-bond donors (Lipinski definition) is 2. The SMILES string of the molecule is O=C(Nc1ccccc1Oc1ccccc1)N(Cc1ccccc1O)C[C@@H]1CCCO1. The molecule has 1 aliphatic heterocycles. The molecule has 1 saturated heterocycles. The van der Waals surface area contributed by atoms with Gasteiger partial charge in [0.15, 0.2) is 5.75 Å². The molecule has 1 heterocycles. The number of phenols is 1. The molecule has 4 rings (SSSR count). The predicted octanol–water partition coefficient (Wildman–Crippen LogP) is 5.40. The van der Waals surface area contributed by atoms with E-state index in [1.54, 1.807) is 23.1 Å². The molecule has 0 saturated carbocycles. The summed E-state index contributed by atoms with van der Waals surface area (Å²) in [6, 6.07) is 23.5. The summed E-state index contributed by atoms with van der Waals surface area (Å²) in [4.78, 5) is 14.9. The number of carbonyl (C=O) groups excluding carboxylic acids is 1. The van der Waals surface area contributed by atoms with Crippen molar-refractivity contribution in [2.24, 2.45) is 0 Å². The largest absolute Gasteiger partial charge is 0.508 e. The molecule has 0 unspecified atom stereocenters. The summed E-state index contributed by atoms with van der Waals surface area (Å²) in [6.45, 7) is 1.44. The highest BCUT2D eigenvalue weighted by Gasteiger charge is 2.24. The molecule has 0 radical (unpaired) electrons. The van der Waals surface area contributed by atoms with E-state index in [-0.39, 0.29) is 24.4 Å². The molecule has 3 aromatic carbocycles. The summed E-state index contributed by atoms with van der Waals surface area (Å²) in [5, 5.41) is 13.2. The van der Waals surface area contributed by atoms with Crippen LogP contribution in [0.5, 0.6) is 17.2 Å². The van der Waals surface area contributed by atoms with Gasteiger partial charge in [0.2, 0.25) is 0 Å². The number of carbonyl (C=O) groups is 1. The van der Waals surface area contributed by atoms with Gasteiger partial charge in [-0.1, -0.05) is 48.5 Å². The number of benzene rings is 3. The molecule has 6 nitrogen and oxygen atoms in total. The van der Waals surface area contributed by atoms with Crippen LogP contribution in [0.4, 0.5) is 10.5 Å². The van der Waals surface area contributed by atoms with Crippen LogP contribution >= 0.6 is 0 Å². The Morgan fingerprint density at radius 2 is 1.77 bits per heavy atom. The van der Waals surface area contributed by atoms with Gasteiger partial charge >= 0.3 is 6.03 Å². The first-order valence-electron chi connectivity index (χ1n) is 10.5. The van der Waals surface area contributed by atoms with Crippen LogP contribution < -0.4 is 10.1 Å². The van der Waals surface area contributed by atoms with Gasteiger partial charge in [0.1, 0.15) is 11.5 Å². The van der Waals surface area contributed by atoms with Crippen LogP contribution in [-0.2, 0) is 11.3 Å². The second-order valence-electron chi connectivity index (χ2n) is 7.49. The maximum absolute atomic E-state index is 13.2. The average Bonchev–Trinajstić information content (AvgIpc) is 3.30. The second-order valence-corrected chi connectivity index (χ2v) is 7.49. The molecule has 1 fully saturated rings. The van der Waals surface area contributed by atoms with Crippen molar-refractivity contribution in [1.29, 1.82) is 0 Å². The topological polar surface area (TPSA) is 71.0 Å². The van der Waals surface area contributed by atoms with Crippen LogP contribution in [0.2, 0.25) is 0 Å². The molecule has 0 aromatic heterocycles. The van der Waals surface area contributed by atoms with E-state index in [1.807, 2.05) is 60.7 Å². The lowest BCUT2D eigenvalue weighted by Crippen LogP contribution is -2.39. The quantitative estimate of drug-likeness (QED) is 0.539. The van der Waals surface area contributed by atoms with E-state index in [4.69, 9.17) is 9.47 Å². The molecule has 3 aromatic rings. The van der Waals surface area contributed by atoms with Crippen LogP contribution in [0, 0.1) is 0 Å². The summed E-state index contributed by atoms with van der Waals surface area (Å²) in [6.07, 6.45) is 1.90. The fourth-order valence-corrected chi connectivity index (χ4v) is 3.57. The molecule has 2 amide bonds. The van der Waals surface area contributed by atoms with E-state index in [1.165, 1.54) is 0 Å². The Hall–Kier alpha value is -3.51. The van der Waals surface area contributed by atoms with Crippen molar-refractivity contribution in [3.63, 3.8) is 0 Å². The fraction of sp³-hybridized carbons (Fsp3) is 0.240. The van der Waals surface area contributed by atoms with Gasteiger partial charge in [0.25, 0.3) is 0 Å². The highest BCUT2D eigenvalue weighted by Crippen LogP contribution is 2.30. The van der Waals surface area contributed by atoms with Crippen molar-refractivity contribution in [3.8, 4) is 17.2 Å². The monoisotopic (exact) mass is 418 g/mol. The maximum Gasteiger partial charge on any atom is 0.322 e. The van der Waals surface area contributed by atoms with Gasteiger partial charge in [0.05, 0.1) is 18.3 Å². The molecule has 2 N–H and O–H groups in total. The van der Waals surface area contributed by atoms with Gasteiger partial charge in [0, 0.05) is 18.7 Å². The number of amides is 2. The number of anilines is 1. The third-order valence-electron chi connectivity index (χ3n) is 5.19. The van der Waals surface area contributed by atoms with Gasteiger partial charge in [-0.05, 0) is 43.2 Å². The first-order chi connectivity index (χ1) is 15.2. The van der Waals surface area contributed by atoms with Crippen LogP contribution in [0.3, 0.4) is 0 Å². The summed E-state index contributed by atoms with van der Waals surface area (Å²) in [5.74, 6) is 1.41. The highest BCUT2D eigenvalue weighted by atomic mass is 16.5. The Balaban J connectivity index is 1.52. The Kier molecular flexibility index (Phi) is 6.69. The van der Waals surface area contributed by atoms with Crippen molar-refractivity contribution in [2.75, 3.05) is 18.5 Å². The maximum atomic E-state index is 13.2. The molecular formula is C25H26N2O4. The van der Waals surface area contributed by atoms with Crippen LogP contribution in [-0.4, -0.2) is 35.3 Å². The Bertz CT molecular complexity index is 1000. The number of para-hydroxylation sites is 4. The van der Waals surface area contributed by atoms with E-state index in [9.17, 15) is 9.90 Å². The third-order valence-corrected chi connectivity index (χ3v) is 5.19. The first kappa shape index (κ1) is 20.8. The van der Waals surface area contributed by atoms with Gasteiger partial charge in [-0.25, -0.2) is 4.79 Å². The standard InChI is InChI=1S/C25H26N2O4/c28-23-14-6-4-9-19(23)17-27(18-21-12-8-16-30-21)25(29)26-22-13-5-7-15-24(22)31-20-10-2-1-3-11-20/h1-7,9-11,13-15,21,28H,8,12,16-18H2,(H,26,29)/t21-/m0/s1. The van der Waals surface area contributed by atoms with Crippen LogP contribution in [0.1, 0.15) is 18.4 Å². The van der Waals surface area contributed by atoms with Crippen molar-refractivity contribution in [3.05, 3.63) is 84.4 Å². The van der Waals surface area contributed by atoms with E-state index < -0.39 is 0 Å². The van der Waals surface area contributed by atoms with Crippen molar-refractivity contribution in [1.82, 2.24) is 4.90 Å². The van der Waals surface area contributed by atoms with E-state index in [0.29, 0.717) is 35.9 Å². The molecule has 0 spiro atoms. The van der Waals surface area contributed by atoms with Crippen LogP contribution in [0.15, 0.2) is 78.9 Å². The normalized spacial score (nSPS) is 15.4. The zero-order valence-electron chi connectivity index (χ0n) is 17.2. The summed E-state index contributed by atoms with van der Waals surface area (Å²) in [5.41, 5.74) is 1.26. The predicted molar refractivity (Wildman–Crippen MR) is 119 cm³/mol. The van der Waals surface area contributed by atoms with E-state index in [0.717, 1.165) is 12.8 Å². The second kappa shape index (κ2) is 10.00. The summed E-state index contributed by atoms with van der Waals surface area (Å²) < 4.78 is 11.7. The minimum atomic E-state index is -0.275. The van der Waals surface area contributed by atoms with Gasteiger partial charge in [-0.3, -0.25) is 0 Å². The lowest BCUT2D eigenvalue weighted by Gasteiger charge is -2.26. The Morgan fingerprint density at radius 1 is 1.03 bits per heavy atom. The van der Waals surface area contributed by atoms with Gasteiger partial charge < -0.3 is 24.8 Å². The number of rotatable bonds is 7. The number of urea groups is 1. The van der Waals surface area contributed by atoms with E-state index in [2.05, 4.69) is 5.32 Å². The number of nitrogens with one attached hydrogen (secondary N) is 1. The Morgan fingerprint density at radius 3 is 2.55 bits per heavy atom. The lowest BCUT2D eigenvalue weighted by molar-refractivity contribution is 0.0817. The van der Waals surface area contributed by atoms with Crippen LogP contribution in [0.25, 0.3) is 0 Å². The number of ether oxygens (including phenoxy) is 2. The lowest BCUT2D eigenvalue weighted by atomic mass is 10.1. The molecule has 160 valence electrons. The molecule has 6 heteroatoms. The average molecular weight is 418 g/mol. The summed E-state index contributed by atoms with van der Waals surface area (Å²) in [7, 11) is 0. The number of phenolic OH excluding ortho intramolecular Hbond substituents is 1.